The zero-order valence-corrected chi connectivity index (χ0v) is 58.1. The SMILES string of the molecule is Cc1ccc2c(c1)c1cc(C)ccc1n2-c1ccc(-c2c(-c3c(-c4ccccc4)cccc3-c3ccccc3)c(C#N)c(-c3nc(-c4ccccc4)cc(-c4ccccc4)n3)c(-c3c(-c4ccccc4)cccc3-c3ccccc3)c2-c2ccc(-n3c4ccc(C)cc4c4cc(C)ccc43)cc2)cc1. The predicted octanol–water partition coefficient (Wildman–Crippen LogP) is 26.1. The molecule has 0 bridgehead atoms. The van der Waals surface area contributed by atoms with Crippen molar-refractivity contribution in [3.05, 3.63) is 374 Å². The maximum atomic E-state index is 13.4. The summed E-state index contributed by atoms with van der Waals surface area (Å²) in [7, 11) is 0. The molecule has 0 atom stereocenters. The van der Waals surface area contributed by atoms with Gasteiger partial charge >= 0.3 is 0 Å². The van der Waals surface area contributed by atoms with Crippen molar-refractivity contribution >= 4 is 43.6 Å². The molecule has 3 aromatic heterocycles. The average molecular weight is 1330 g/mol. The first-order chi connectivity index (χ1) is 51.2. The van der Waals surface area contributed by atoms with E-state index in [1.165, 1.54) is 43.8 Å². The Bertz CT molecular complexity index is 6100. The molecular weight excluding hydrogens is 1260 g/mol. The minimum atomic E-state index is 0.408. The van der Waals surface area contributed by atoms with Crippen LogP contribution in [0.15, 0.2) is 346 Å². The molecule has 15 aromatic carbocycles. The first-order valence-corrected chi connectivity index (χ1v) is 35.6. The molecule has 0 aliphatic rings. The number of hydrogen-bond donors (Lipinski definition) is 0. The van der Waals surface area contributed by atoms with Gasteiger partial charge in [0.2, 0.25) is 0 Å². The molecule has 5 nitrogen and oxygen atoms in total. The smallest absolute Gasteiger partial charge is 0.162 e. The van der Waals surface area contributed by atoms with Gasteiger partial charge in [0.15, 0.2) is 5.82 Å². The molecule has 0 aliphatic heterocycles. The third-order valence-corrected chi connectivity index (χ3v) is 20.6. The topological polar surface area (TPSA) is 59.4 Å². The Morgan fingerprint density at radius 2 is 0.529 bits per heavy atom. The summed E-state index contributed by atoms with van der Waals surface area (Å²) < 4.78 is 4.82. The van der Waals surface area contributed by atoms with Gasteiger partial charge in [-0.3, -0.25) is 0 Å². The number of nitriles is 1. The van der Waals surface area contributed by atoms with Crippen LogP contribution in [-0.4, -0.2) is 19.1 Å². The number of rotatable bonds is 13. The minimum absolute atomic E-state index is 0.408. The van der Waals surface area contributed by atoms with E-state index in [4.69, 9.17) is 9.97 Å². The summed E-state index contributed by atoms with van der Waals surface area (Å²) in [6.45, 7) is 8.69. The molecular formula is C99H69N5. The molecule has 104 heavy (non-hydrogen) atoms. The Morgan fingerprint density at radius 1 is 0.240 bits per heavy atom. The van der Waals surface area contributed by atoms with Gasteiger partial charge in [-0.1, -0.05) is 289 Å². The van der Waals surface area contributed by atoms with Gasteiger partial charge in [-0.25, -0.2) is 9.97 Å². The lowest BCUT2D eigenvalue weighted by molar-refractivity contribution is 1.18. The number of aromatic nitrogens is 4. The monoisotopic (exact) mass is 1330 g/mol. The van der Waals surface area contributed by atoms with E-state index < -0.39 is 0 Å². The average Bonchev–Trinajstić information content (AvgIpc) is 0.913. The zero-order valence-electron chi connectivity index (χ0n) is 58.1. The van der Waals surface area contributed by atoms with Crippen molar-refractivity contribution in [1.29, 1.82) is 5.26 Å². The van der Waals surface area contributed by atoms with Gasteiger partial charge in [0.05, 0.1) is 39.0 Å². The van der Waals surface area contributed by atoms with Gasteiger partial charge in [0.1, 0.15) is 6.07 Å². The van der Waals surface area contributed by atoms with Crippen molar-refractivity contribution in [3.8, 4) is 140 Å². The Labute approximate surface area is 605 Å². The molecule has 5 heteroatoms. The Balaban J connectivity index is 1.08. The van der Waals surface area contributed by atoms with E-state index in [2.05, 4.69) is 377 Å². The van der Waals surface area contributed by atoms with Crippen LogP contribution in [0.5, 0.6) is 0 Å². The summed E-state index contributed by atoms with van der Waals surface area (Å²) in [6.07, 6.45) is 0. The molecule has 3 heterocycles. The van der Waals surface area contributed by atoms with E-state index in [-0.39, 0.29) is 0 Å². The normalized spacial score (nSPS) is 11.5. The number of hydrogen-bond acceptors (Lipinski definition) is 3. The maximum absolute atomic E-state index is 13.4. The lowest BCUT2D eigenvalue weighted by atomic mass is 9.73. The maximum Gasteiger partial charge on any atom is 0.162 e. The zero-order chi connectivity index (χ0) is 69.9. The van der Waals surface area contributed by atoms with Crippen molar-refractivity contribution in [2.75, 3.05) is 0 Å². The summed E-state index contributed by atoms with van der Waals surface area (Å²) >= 11 is 0. The number of nitrogens with zero attached hydrogens (tertiary/aromatic N) is 5. The Morgan fingerprint density at radius 3 is 0.837 bits per heavy atom. The van der Waals surface area contributed by atoms with E-state index in [1.54, 1.807) is 0 Å². The van der Waals surface area contributed by atoms with Crippen LogP contribution in [0.1, 0.15) is 27.8 Å². The third kappa shape index (κ3) is 11.0. The molecule has 0 unspecified atom stereocenters. The van der Waals surface area contributed by atoms with E-state index >= 15 is 0 Å². The summed E-state index contributed by atoms with van der Waals surface area (Å²) in [5.41, 5.74) is 30.6. The summed E-state index contributed by atoms with van der Waals surface area (Å²) in [6, 6.07) is 128. The third-order valence-electron chi connectivity index (χ3n) is 20.6. The highest BCUT2D eigenvalue weighted by molar-refractivity contribution is 6.17. The molecule has 0 saturated heterocycles. The van der Waals surface area contributed by atoms with Crippen LogP contribution < -0.4 is 0 Å². The van der Waals surface area contributed by atoms with Crippen LogP contribution in [0.2, 0.25) is 0 Å². The molecule has 0 radical (unpaired) electrons. The van der Waals surface area contributed by atoms with Gasteiger partial charge in [-0.05, 0) is 184 Å². The van der Waals surface area contributed by atoms with Gasteiger partial charge in [0, 0.05) is 60.7 Å². The summed E-state index contributed by atoms with van der Waals surface area (Å²) in [4.78, 5) is 11.8. The van der Waals surface area contributed by atoms with Crippen molar-refractivity contribution in [3.63, 3.8) is 0 Å². The highest BCUT2D eigenvalue weighted by Crippen LogP contribution is 2.58. The summed E-state index contributed by atoms with van der Waals surface area (Å²) in [5.74, 6) is 0.408. The van der Waals surface area contributed by atoms with Crippen molar-refractivity contribution in [2.45, 2.75) is 27.7 Å². The van der Waals surface area contributed by atoms with Gasteiger partial charge < -0.3 is 9.13 Å². The van der Waals surface area contributed by atoms with Crippen LogP contribution >= 0.6 is 0 Å². The van der Waals surface area contributed by atoms with E-state index in [0.717, 1.165) is 145 Å². The standard InChI is InChI=1S/C99H69N5/c1-63-41-53-88-81(57-63)82-58-64(2)42-54-89(82)103(88)75-49-45-73(46-50-75)92-93(74-47-51-76(52-48-74)104-90-55-43-65(3)59-83(90)84-60-66(4)44-56-91(84)104)98(95-79(69-29-15-7-16-30-69)39-24-40-80(95)70-31-17-8-18-32-70)97(99-101-86(71-33-19-9-20-34-71)61-87(102-99)72-35-21-10-22-36-72)85(62-100)96(92)94-77(67-25-11-5-12-26-67)37-23-38-78(94)68-27-13-6-14-28-68/h5-61H,1-4H3. The summed E-state index contributed by atoms with van der Waals surface area (Å²) in [5, 5.41) is 18.3. The fraction of sp³-hybridized carbons (Fsp3) is 0.0404. The molecule has 0 amide bonds. The molecule has 490 valence electrons. The quantitative estimate of drug-likeness (QED) is 0.116. The molecule has 0 spiro atoms. The van der Waals surface area contributed by atoms with Crippen molar-refractivity contribution in [1.82, 2.24) is 19.1 Å². The van der Waals surface area contributed by atoms with Gasteiger partial charge in [-0.2, -0.15) is 5.26 Å². The number of fused-ring (bicyclic) bond motifs is 6. The van der Waals surface area contributed by atoms with Crippen LogP contribution in [0.4, 0.5) is 0 Å². The minimum Gasteiger partial charge on any atom is -0.309 e. The Hall–Kier alpha value is -13.5. The first-order valence-electron chi connectivity index (χ1n) is 35.6. The highest BCUT2D eigenvalue weighted by atomic mass is 15.0. The Kier molecular flexibility index (Phi) is 15.8. The van der Waals surface area contributed by atoms with E-state index in [9.17, 15) is 5.26 Å². The van der Waals surface area contributed by atoms with E-state index in [1.807, 2.05) is 12.1 Å². The fourth-order valence-electron chi connectivity index (χ4n) is 15.9. The van der Waals surface area contributed by atoms with Crippen LogP contribution in [0, 0.1) is 39.0 Å². The van der Waals surface area contributed by atoms with Crippen molar-refractivity contribution in [2.24, 2.45) is 0 Å². The van der Waals surface area contributed by atoms with E-state index in [0.29, 0.717) is 17.0 Å². The second kappa shape index (κ2) is 26.2. The lowest BCUT2D eigenvalue weighted by Crippen LogP contribution is -2.07. The fourth-order valence-corrected chi connectivity index (χ4v) is 15.9. The van der Waals surface area contributed by atoms with Crippen LogP contribution in [0.25, 0.3) is 178 Å². The highest BCUT2D eigenvalue weighted by Gasteiger charge is 2.35. The van der Waals surface area contributed by atoms with Crippen molar-refractivity contribution < 1.29 is 0 Å². The molecule has 18 rings (SSSR count). The van der Waals surface area contributed by atoms with Crippen LogP contribution in [0.3, 0.4) is 0 Å². The second-order valence-electron chi connectivity index (χ2n) is 27.3. The largest absolute Gasteiger partial charge is 0.309 e. The number of aryl methyl sites for hydroxylation is 4. The molecule has 0 aliphatic carbocycles. The van der Waals surface area contributed by atoms with Gasteiger partial charge in [0.25, 0.3) is 0 Å². The second-order valence-corrected chi connectivity index (χ2v) is 27.3. The first kappa shape index (κ1) is 62.7. The molecule has 0 saturated carbocycles. The predicted molar refractivity (Wildman–Crippen MR) is 434 cm³/mol. The molecule has 0 fully saturated rings. The van der Waals surface area contributed by atoms with Gasteiger partial charge in [-0.15, -0.1) is 0 Å². The molecule has 18 aromatic rings. The number of benzene rings is 15. The lowest BCUT2D eigenvalue weighted by Gasteiger charge is -2.30. The molecule has 0 N–H and O–H groups in total. The van der Waals surface area contributed by atoms with Crippen LogP contribution in [-0.2, 0) is 0 Å².